The summed E-state index contributed by atoms with van der Waals surface area (Å²) in [5.41, 5.74) is 3.03. The highest BCUT2D eigenvalue weighted by Gasteiger charge is 2.17. The van der Waals surface area contributed by atoms with E-state index in [4.69, 9.17) is 0 Å². The molecule has 3 aromatic rings. The van der Waals surface area contributed by atoms with Crippen molar-refractivity contribution in [2.45, 2.75) is 32.9 Å². The number of carbonyl (C=O) groups is 2. The van der Waals surface area contributed by atoms with Crippen LogP contribution < -0.4 is 10.6 Å². The first-order chi connectivity index (χ1) is 13.1. The molecule has 1 heterocycles. The molecule has 0 spiro atoms. The van der Waals surface area contributed by atoms with Gasteiger partial charge in [-0.25, -0.2) is 0 Å². The van der Waals surface area contributed by atoms with Gasteiger partial charge in [-0.2, -0.15) is 0 Å². The standard InChI is InChI=1S/C22H25N3O2/c1-3-13-23-22(27)16(2)24-21(26)15-25-19-12-8-7-11-18(19)14-20(25)17-9-5-4-6-10-17/h4-12,14,16H,3,13,15H2,1-2H3,(H,23,27)(H,24,26)/t16-/m0/s1. The van der Waals surface area contributed by atoms with E-state index >= 15 is 0 Å². The highest BCUT2D eigenvalue weighted by Crippen LogP contribution is 2.28. The average molecular weight is 363 g/mol. The maximum absolute atomic E-state index is 12.6. The second-order valence-electron chi connectivity index (χ2n) is 6.62. The molecule has 0 unspecified atom stereocenters. The molecule has 140 valence electrons. The van der Waals surface area contributed by atoms with Crippen molar-refractivity contribution < 1.29 is 9.59 Å². The Kier molecular flexibility index (Phi) is 5.91. The number of fused-ring (bicyclic) bond motifs is 1. The highest BCUT2D eigenvalue weighted by molar-refractivity contribution is 5.91. The minimum absolute atomic E-state index is 0.156. The number of benzene rings is 2. The molecule has 1 atom stereocenters. The molecule has 27 heavy (non-hydrogen) atoms. The van der Waals surface area contributed by atoms with Crippen molar-refractivity contribution in [3.05, 3.63) is 60.7 Å². The van der Waals surface area contributed by atoms with Gasteiger partial charge in [0.2, 0.25) is 11.8 Å². The lowest BCUT2D eigenvalue weighted by Crippen LogP contribution is -2.46. The Morgan fingerprint density at radius 1 is 1.04 bits per heavy atom. The van der Waals surface area contributed by atoms with Gasteiger partial charge in [0, 0.05) is 23.1 Å². The van der Waals surface area contributed by atoms with Gasteiger partial charge < -0.3 is 15.2 Å². The van der Waals surface area contributed by atoms with Gasteiger partial charge in [0.05, 0.1) is 0 Å². The third-order valence-electron chi connectivity index (χ3n) is 4.50. The number of hydrogen-bond acceptors (Lipinski definition) is 2. The number of para-hydroxylation sites is 1. The van der Waals surface area contributed by atoms with Crippen LogP contribution in [0, 0.1) is 0 Å². The van der Waals surface area contributed by atoms with Gasteiger partial charge in [-0.15, -0.1) is 0 Å². The molecule has 2 aromatic carbocycles. The lowest BCUT2D eigenvalue weighted by Gasteiger charge is -2.16. The van der Waals surface area contributed by atoms with Crippen molar-refractivity contribution in [2.24, 2.45) is 0 Å². The summed E-state index contributed by atoms with van der Waals surface area (Å²) in [5, 5.41) is 6.68. The van der Waals surface area contributed by atoms with Gasteiger partial charge >= 0.3 is 0 Å². The fraction of sp³-hybridized carbons (Fsp3) is 0.273. The molecule has 0 aliphatic rings. The number of rotatable bonds is 7. The largest absolute Gasteiger partial charge is 0.354 e. The highest BCUT2D eigenvalue weighted by atomic mass is 16.2. The molecule has 0 saturated carbocycles. The van der Waals surface area contributed by atoms with Crippen LogP contribution in [0.5, 0.6) is 0 Å². The van der Waals surface area contributed by atoms with Crippen LogP contribution in [0.1, 0.15) is 20.3 Å². The van der Waals surface area contributed by atoms with E-state index in [1.54, 1.807) is 6.92 Å². The lowest BCUT2D eigenvalue weighted by molar-refractivity contribution is -0.128. The predicted molar refractivity (Wildman–Crippen MR) is 108 cm³/mol. The van der Waals surface area contributed by atoms with Gasteiger partial charge in [0.1, 0.15) is 12.6 Å². The van der Waals surface area contributed by atoms with E-state index in [-0.39, 0.29) is 18.4 Å². The summed E-state index contributed by atoms with van der Waals surface area (Å²) in [6, 6.07) is 19.5. The lowest BCUT2D eigenvalue weighted by atomic mass is 10.1. The van der Waals surface area contributed by atoms with E-state index in [0.29, 0.717) is 6.54 Å². The Morgan fingerprint density at radius 3 is 2.48 bits per heavy atom. The van der Waals surface area contributed by atoms with Crippen molar-refractivity contribution in [2.75, 3.05) is 6.54 Å². The zero-order valence-electron chi connectivity index (χ0n) is 15.7. The summed E-state index contributed by atoms with van der Waals surface area (Å²) in [6.07, 6.45) is 0.863. The predicted octanol–water partition coefficient (Wildman–Crippen LogP) is 3.34. The van der Waals surface area contributed by atoms with E-state index in [0.717, 1.165) is 28.6 Å². The number of hydrogen-bond donors (Lipinski definition) is 2. The van der Waals surface area contributed by atoms with E-state index in [9.17, 15) is 9.59 Å². The second-order valence-corrected chi connectivity index (χ2v) is 6.62. The van der Waals surface area contributed by atoms with Crippen LogP contribution in [-0.2, 0) is 16.1 Å². The second kappa shape index (κ2) is 8.54. The molecule has 0 aliphatic carbocycles. The summed E-state index contributed by atoms with van der Waals surface area (Å²) in [5.74, 6) is -0.349. The Labute approximate surface area is 159 Å². The monoisotopic (exact) mass is 363 g/mol. The number of nitrogens with one attached hydrogen (secondary N) is 2. The van der Waals surface area contributed by atoms with Gasteiger partial charge in [0.15, 0.2) is 0 Å². The fourth-order valence-corrected chi connectivity index (χ4v) is 3.13. The van der Waals surface area contributed by atoms with Gasteiger partial charge in [-0.05, 0) is 31.0 Å². The molecule has 2 amide bonds. The van der Waals surface area contributed by atoms with Crippen LogP contribution in [0.3, 0.4) is 0 Å². The van der Waals surface area contributed by atoms with E-state index in [1.165, 1.54) is 0 Å². The van der Waals surface area contributed by atoms with Crippen LogP contribution in [0.15, 0.2) is 60.7 Å². The molecule has 3 rings (SSSR count). The minimum Gasteiger partial charge on any atom is -0.354 e. The topological polar surface area (TPSA) is 63.1 Å². The third kappa shape index (κ3) is 4.37. The maximum atomic E-state index is 12.6. The van der Waals surface area contributed by atoms with Crippen LogP contribution in [0.2, 0.25) is 0 Å². The van der Waals surface area contributed by atoms with Crippen molar-refractivity contribution >= 4 is 22.7 Å². The fourth-order valence-electron chi connectivity index (χ4n) is 3.13. The van der Waals surface area contributed by atoms with E-state index in [1.807, 2.05) is 66.1 Å². The molecular weight excluding hydrogens is 338 g/mol. The van der Waals surface area contributed by atoms with Crippen molar-refractivity contribution in [3.8, 4) is 11.3 Å². The Morgan fingerprint density at radius 2 is 1.74 bits per heavy atom. The Bertz CT molecular complexity index is 931. The SMILES string of the molecule is CCCNC(=O)[C@H](C)NC(=O)Cn1c(-c2ccccc2)cc2ccccc21. The summed E-state index contributed by atoms with van der Waals surface area (Å²) >= 11 is 0. The van der Waals surface area contributed by atoms with Crippen LogP contribution in [-0.4, -0.2) is 29.0 Å². The average Bonchev–Trinajstić information content (AvgIpc) is 3.05. The first-order valence-electron chi connectivity index (χ1n) is 9.31. The van der Waals surface area contributed by atoms with Crippen LogP contribution >= 0.6 is 0 Å². The molecule has 0 bridgehead atoms. The van der Waals surface area contributed by atoms with Gasteiger partial charge in [-0.1, -0.05) is 55.5 Å². The summed E-state index contributed by atoms with van der Waals surface area (Å²) in [6.45, 7) is 4.46. The third-order valence-corrected chi connectivity index (χ3v) is 4.50. The van der Waals surface area contributed by atoms with Gasteiger partial charge in [-0.3, -0.25) is 9.59 Å². The first-order valence-corrected chi connectivity index (χ1v) is 9.31. The minimum atomic E-state index is -0.564. The number of aromatic nitrogens is 1. The molecule has 0 radical (unpaired) electrons. The number of carbonyl (C=O) groups excluding carboxylic acids is 2. The molecule has 5 nitrogen and oxygen atoms in total. The van der Waals surface area contributed by atoms with Crippen molar-refractivity contribution in [1.82, 2.24) is 15.2 Å². The Hall–Kier alpha value is -3.08. The molecule has 0 saturated heterocycles. The van der Waals surface area contributed by atoms with E-state index in [2.05, 4.69) is 16.7 Å². The molecule has 0 fully saturated rings. The zero-order valence-corrected chi connectivity index (χ0v) is 15.7. The quantitative estimate of drug-likeness (QED) is 0.676. The Balaban J connectivity index is 1.83. The van der Waals surface area contributed by atoms with Gasteiger partial charge in [0.25, 0.3) is 0 Å². The molecule has 2 N–H and O–H groups in total. The molecule has 5 heteroatoms. The normalized spacial score (nSPS) is 11.9. The molecule has 0 aliphatic heterocycles. The number of nitrogens with zero attached hydrogens (tertiary/aromatic N) is 1. The summed E-state index contributed by atoms with van der Waals surface area (Å²) < 4.78 is 2.00. The number of amides is 2. The first kappa shape index (κ1) is 18.7. The van der Waals surface area contributed by atoms with Crippen LogP contribution in [0.4, 0.5) is 0 Å². The smallest absolute Gasteiger partial charge is 0.242 e. The van der Waals surface area contributed by atoms with Crippen LogP contribution in [0.25, 0.3) is 22.2 Å². The molecule has 1 aromatic heterocycles. The summed E-state index contributed by atoms with van der Waals surface area (Å²) in [4.78, 5) is 24.6. The molecular formula is C22H25N3O2. The zero-order chi connectivity index (χ0) is 19.2. The van der Waals surface area contributed by atoms with E-state index < -0.39 is 6.04 Å². The van der Waals surface area contributed by atoms with Crippen molar-refractivity contribution in [3.63, 3.8) is 0 Å². The summed E-state index contributed by atoms with van der Waals surface area (Å²) in [7, 11) is 0. The maximum Gasteiger partial charge on any atom is 0.242 e. The van der Waals surface area contributed by atoms with Crippen molar-refractivity contribution in [1.29, 1.82) is 0 Å².